The number of nitro benzene ring substituents is 1. The molecule has 1 heterocycles. The summed E-state index contributed by atoms with van der Waals surface area (Å²) in [6.07, 6.45) is 0.736. The lowest BCUT2D eigenvalue weighted by atomic mass is 10.1. The zero-order valence-corrected chi connectivity index (χ0v) is 16.1. The second-order valence-corrected chi connectivity index (χ2v) is 8.55. The van der Waals surface area contributed by atoms with E-state index in [1.165, 1.54) is 43.0 Å². The third kappa shape index (κ3) is 4.61. The molecule has 1 aliphatic carbocycles. The van der Waals surface area contributed by atoms with Gasteiger partial charge in [0.05, 0.1) is 4.92 Å². The summed E-state index contributed by atoms with van der Waals surface area (Å²) in [5.74, 6) is -0.607. The summed E-state index contributed by atoms with van der Waals surface area (Å²) in [6.45, 7) is 1.84. The van der Waals surface area contributed by atoms with Gasteiger partial charge in [0.25, 0.3) is 5.69 Å². The lowest BCUT2D eigenvalue weighted by Gasteiger charge is -2.24. The predicted octanol–water partition coefficient (Wildman–Crippen LogP) is 2.08. The van der Waals surface area contributed by atoms with E-state index in [1.54, 1.807) is 4.90 Å². The summed E-state index contributed by atoms with van der Waals surface area (Å²) in [4.78, 5) is 47.3. The Hall–Kier alpha value is -2.62. The van der Waals surface area contributed by atoms with Crippen molar-refractivity contribution in [3.63, 3.8) is 0 Å². The number of carbonyl (C=O) groups excluding carboxylic acids is 3. The molecule has 0 aromatic heterocycles. The Balaban J connectivity index is 1.62. The minimum absolute atomic E-state index is 0.00184. The number of rotatable bonds is 6. The van der Waals surface area contributed by atoms with Gasteiger partial charge in [-0.1, -0.05) is 11.8 Å². The van der Waals surface area contributed by atoms with Crippen molar-refractivity contribution < 1.29 is 24.0 Å². The topological polar surface area (TPSA) is 133 Å². The first-order chi connectivity index (χ1) is 13.3. The van der Waals surface area contributed by atoms with Crippen LogP contribution in [0.25, 0.3) is 0 Å². The summed E-state index contributed by atoms with van der Waals surface area (Å²) in [5.41, 5.74) is 5.97. The van der Waals surface area contributed by atoms with E-state index in [0.717, 1.165) is 0 Å². The molecule has 1 saturated carbocycles. The van der Waals surface area contributed by atoms with E-state index >= 15 is 0 Å². The molecular weight excluding hydrogens is 386 g/mol. The third-order valence-electron chi connectivity index (χ3n) is 5.08. The zero-order valence-electron chi connectivity index (χ0n) is 15.3. The van der Waals surface area contributed by atoms with Crippen molar-refractivity contribution in [2.75, 3.05) is 6.54 Å². The van der Waals surface area contributed by atoms with Crippen LogP contribution in [0.2, 0.25) is 0 Å². The van der Waals surface area contributed by atoms with Gasteiger partial charge < -0.3 is 15.4 Å². The highest BCUT2D eigenvalue weighted by Gasteiger charge is 2.53. The number of nitrogens with two attached hydrogens (primary N) is 1. The molecule has 150 valence electrons. The standard InChI is InChI=1S/C18H21N3O6S/c1-10(22)28-13-6-16(14-7-15(14)17(19)23)20(8-13)18(24)27-9-11-2-4-12(5-3-11)21(25)26/h2-5,13-16H,6-9H2,1H3,(H2,19,23)/t13-,14+,15+,16-/m0/s1. The molecule has 1 aromatic carbocycles. The van der Waals surface area contributed by atoms with Crippen LogP contribution < -0.4 is 5.73 Å². The fourth-order valence-corrected chi connectivity index (χ4v) is 4.67. The molecule has 2 amide bonds. The zero-order chi connectivity index (χ0) is 20.4. The maximum Gasteiger partial charge on any atom is 0.410 e. The second-order valence-electron chi connectivity index (χ2n) is 7.07. The lowest BCUT2D eigenvalue weighted by molar-refractivity contribution is -0.384. The van der Waals surface area contributed by atoms with Crippen molar-refractivity contribution in [3.05, 3.63) is 39.9 Å². The molecule has 9 nitrogen and oxygen atoms in total. The Morgan fingerprint density at radius 2 is 1.96 bits per heavy atom. The van der Waals surface area contributed by atoms with E-state index in [-0.39, 0.29) is 46.4 Å². The van der Waals surface area contributed by atoms with Crippen LogP contribution in [0.5, 0.6) is 0 Å². The quantitative estimate of drug-likeness (QED) is 0.564. The molecule has 2 fully saturated rings. The number of hydrogen-bond donors (Lipinski definition) is 1. The summed E-state index contributed by atoms with van der Waals surface area (Å²) in [7, 11) is 0. The van der Waals surface area contributed by atoms with Crippen LogP contribution in [0, 0.1) is 22.0 Å². The van der Waals surface area contributed by atoms with E-state index in [1.807, 2.05) is 0 Å². The second kappa shape index (κ2) is 8.17. The van der Waals surface area contributed by atoms with E-state index in [4.69, 9.17) is 10.5 Å². The average molecular weight is 407 g/mol. The number of benzene rings is 1. The maximum absolute atomic E-state index is 12.6. The number of non-ortho nitro benzene ring substituents is 1. The van der Waals surface area contributed by atoms with E-state index < -0.39 is 11.0 Å². The fraction of sp³-hybridized carbons (Fsp3) is 0.500. The van der Waals surface area contributed by atoms with E-state index in [2.05, 4.69) is 0 Å². The van der Waals surface area contributed by atoms with Crippen LogP contribution in [0.4, 0.5) is 10.5 Å². The van der Waals surface area contributed by atoms with Gasteiger partial charge in [0, 0.05) is 42.8 Å². The van der Waals surface area contributed by atoms with Crippen molar-refractivity contribution in [1.29, 1.82) is 0 Å². The SMILES string of the molecule is CC(=O)S[C@H]1C[C@@H]([C@@H]2C[C@H]2C(N)=O)N(C(=O)OCc2ccc([N+](=O)[O-])cc2)C1. The van der Waals surface area contributed by atoms with Gasteiger partial charge in [-0.15, -0.1) is 0 Å². The van der Waals surface area contributed by atoms with Crippen LogP contribution >= 0.6 is 11.8 Å². The molecule has 1 aromatic rings. The van der Waals surface area contributed by atoms with Crippen molar-refractivity contribution in [2.24, 2.45) is 17.6 Å². The molecule has 28 heavy (non-hydrogen) atoms. The number of primary amides is 1. The monoisotopic (exact) mass is 407 g/mol. The molecule has 0 spiro atoms. The molecule has 0 bridgehead atoms. The molecule has 4 atom stereocenters. The van der Waals surface area contributed by atoms with Gasteiger partial charge in [-0.25, -0.2) is 4.79 Å². The van der Waals surface area contributed by atoms with Gasteiger partial charge in [0.2, 0.25) is 5.91 Å². The molecule has 0 unspecified atom stereocenters. The lowest BCUT2D eigenvalue weighted by Crippen LogP contribution is -2.38. The van der Waals surface area contributed by atoms with Crippen LogP contribution in [0.1, 0.15) is 25.3 Å². The fourth-order valence-electron chi connectivity index (χ4n) is 3.67. The van der Waals surface area contributed by atoms with Gasteiger partial charge >= 0.3 is 6.09 Å². The normalized spacial score (nSPS) is 26.0. The largest absolute Gasteiger partial charge is 0.445 e. The molecule has 2 aliphatic rings. The summed E-state index contributed by atoms with van der Waals surface area (Å²) in [6, 6.07) is 5.58. The van der Waals surface area contributed by atoms with Crippen LogP contribution in [-0.4, -0.2) is 44.8 Å². The minimum atomic E-state index is -0.523. The van der Waals surface area contributed by atoms with Crippen molar-refractivity contribution >= 4 is 34.6 Å². The Kier molecular flexibility index (Phi) is 5.87. The van der Waals surface area contributed by atoms with Crippen molar-refractivity contribution in [2.45, 2.75) is 37.7 Å². The Labute approximate surface area is 165 Å². The Bertz CT molecular complexity index is 799. The molecule has 0 radical (unpaired) electrons. The first-order valence-corrected chi connectivity index (χ1v) is 9.77. The average Bonchev–Trinajstić information content (AvgIpc) is 3.34. The highest BCUT2D eigenvalue weighted by Crippen LogP contribution is 2.47. The molecule has 1 saturated heterocycles. The molecule has 1 aliphatic heterocycles. The van der Waals surface area contributed by atoms with Gasteiger partial charge in [-0.3, -0.25) is 19.7 Å². The van der Waals surface area contributed by atoms with E-state index in [9.17, 15) is 24.5 Å². The molecule has 10 heteroatoms. The number of ether oxygens (including phenoxy) is 1. The number of thioether (sulfide) groups is 1. The summed E-state index contributed by atoms with van der Waals surface area (Å²) in [5, 5.41) is 10.6. The highest BCUT2D eigenvalue weighted by molar-refractivity contribution is 8.14. The number of amides is 2. The number of likely N-dealkylation sites (tertiary alicyclic amines) is 1. The molecule has 3 rings (SSSR count). The highest BCUT2D eigenvalue weighted by atomic mass is 32.2. The third-order valence-corrected chi connectivity index (χ3v) is 6.09. The van der Waals surface area contributed by atoms with Gasteiger partial charge in [0.15, 0.2) is 5.12 Å². The molecular formula is C18H21N3O6S. The van der Waals surface area contributed by atoms with Crippen LogP contribution in [-0.2, 0) is 20.9 Å². The van der Waals surface area contributed by atoms with Gasteiger partial charge in [-0.2, -0.15) is 0 Å². The van der Waals surface area contributed by atoms with Crippen molar-refractivity contribution in [3.8, 4) is 0 Å². The minimum Gasteiger partial charge on any atom is -0.445 e. The summed E-state index contributed by atoms with van der Waals surface area (Å²) < 4.78 is 5.38. The first-order valence-electron chi connectivity index (χ1n) is 8.89. The summed E-state index contributed by atoms with van der Waals surface area (Å²) >= 11 is 1.19. The number of nitro groups is 1. The Morgan fingerprint density at radius 1 is 1.29 bits per heavy atom. The molecule has 2 N–H and O–H groups in total. The first kappa shape index (κ1) is 20.1. The maximum atomic E-state index is 12.6. The van der Waals surface area contributed by atoms with Gasteiger partial charge in [-0.05, 0) is 36.5 Å². The number of hydrogen-bond acceptors (Lipinski definition) is 7. The van der Waals surface area contributed by atoms with Crippen molar-refractivity contribution in [1.82, 2.24) is 4.90 Å². The smallest absolute Gasteiger partial charge is 0.410 e. The number of carbonyl (C=O) groups is 3. The van der Waals surface area contributed by atoms with E-state index in [0.29, 0.717) is 24.9 Å². The van der Waals surface area contributed by atoms with Crippen LogP contribution in [0.15, 0.2) is 24.3 Å². The van der Waals surface area contributed by atoms with Crippen LogP contribution in [0.3, 0.4) is 0 Å². The Morgan fingerprint density at radius 3 is 2.50 bits per heavy atom. The number of nitrogens with zero attached hydrogens (tertiary/aromatic N) is 2. The van der Waals surface area contributed by atoms with Gasteiger partial charge in [0.1, 0.15) is 6.61 Å². The predicted molar refractivity (Wildman–Crippen MR) is 101 cm³/mol.